The average molecular weight is 386 g/mol. The van der Waals surface area contributed by atoms with E-state index in [2.05, 4.69) is 21.3 Å². The number of para-hydroxylation sites is 3. The van der Waals surface area contributed by atoms with E-state index in [0.29, 0.717) is 18.7 Å². The van der Waals surface area contributed by atoms with Crippen LogP contribution >= 0.6 is 11.8 Å². The van der Waals surface area contributed by atoms with Gasteiger partial charge >= 0.3 is 12.0 Å². The fourth-order valence-corrected chi connectivity index (χ4v) is 4.04. The lowest BCUT2D eigenvalue weighted by molar-refractivity contribution is -0.137. The number of hydrogen-bond acceptors (Lipinski definition) is 5. The van der Waals surface area contributed by atoms with Gasteiger partial charge in [0, 0.05) is 12.2 Å². The number of fused-ring (bicyclic) bond motifs is 1. The van der Waals surface area contributed by atoms with Crippen molar-refractivity contribution in [2.75, 3.05) is 28.2 Å². The highest BCUT2D eigenvalue weighted by Gasteiger charge is 2.38. The Morgan fingerprint density at radius 3 is 2.26 bits per heavy atom. The third-order valence-corrected chi connectivity index (χ3v) is 5.32. The van der Waals surface area contributed by atoms with Crippen LogP contribution in [-0.4, -0.2) is 34.4 Å². The molecule has 0 aliphatic carbocycles. The van der Waals surface area contributed by atoms with Gasteiger partial charge in [-0.15, -0.1) is 11.8 Å². The number of carboxylic acid groups (broad SMARTS) is 1. The summed E-state index contributed by atoms with van der Waals surface area (Å²) in [5.41, 5.74) is 2.53. The van der Waals surface area contributed by atoms with Crippen LogP contribution in [0.2, 0.25) is 0 Å². The fourth-order valence-electron chi connectivity index (χ4n) is 2.81. The van der Waals surface area contributed by atoms with Crippen LogP contribution in [0.4, 0.5) is 21.9 Å². The zero-order chi connectivity index (χ0) is 19.1. The van der Waals surface area contributed by atoms with Crippen molar-refractivity contribution in [3.8, 4) is 0 Å². The maximum absolute atomic E-state index is 11.9. The molecule has 0 radical (unpaired) electrons. The Kier molecular flexibility index (Phi) is 6.08. The first kappa shape index (κ1) is 18.9. The average Bonchev–Trinajstić information content (AvgIpc) is 2.99. The van der Waals surface area contributed by atoms with E-state index in [9.17, 15) is 14.7 Å². The van der Waals surface area contributed by atoms with Gasteiger partial charge in [-0.2, -0.15) is 0 Å². The van der Waals surface area contributed by atoms with E-state index in [1.54, 1.807) is 0 Å². The highest BCUT2D eigenvalue weighted by molar-refractivity contribution is 8.00. The van der Waals surface area contributed by atoms with Gasteiger partial charge in [0.05, 0.1) is 17.8 Å². The van der Waals surface area contributed by atoms with Crippen molar-refractivity contribution < 1.29 is 14.7 Å². The molecule has 2 amide bonds. The molecule has 0 unspecified atom stereocenters. The summed E-state index contributed by atoms with van der Waals surface area (Å²) in [4.78, 5) is 22.4. The quantitative estimate of drug-likeness (QED) is 0.444. The van der Waals surface area contributed by atoms with Crippen molar-refractivity contribution in [1.82, 2.24) is 5.32 Å². The largest absolute Gasteiger partial charge is 0.481 e. The SMILES string of the molecule is O=C(O)CC1(SCCCNC(=O)Nc2ccccc2)Nc2ccccc2N1. The van der Waals surface area contributed by atoms with E-state index in [1.165, 1.54) is 11.8 Å². The molecule has 8 heteroatoms. The predicted octanol–water partition coefficient (Wildman–Crippen LogP) is 3.60. The molecule has 0 saturated carbocycles. The number of nitrogens with one attached hydrogen (secondary N) is 4. The van der Waals surface area contributed by atoms with Crippen molar-refractivity contribution in [1.29, 1.82) is 0 Å². The smallest absolute Gasteiger partial charge is 0.319 e. The molecule has 0 atom stereocenters. The number of aliphatic carboxylic acids is 1. The van der Waals surface area contributed by atoms with E-state index in [1.807, 2.05) is 54.6 Å². The van der Waals surface area contributed by atoms with Crippen LogP contribution < -0.4 is 21.3 Å². The van der Waals surface area contributed by atoms with Gasteiger partial charge in [0.1, 0.15) is 0 Å². The second kappa shape index (κ2) is 8.68. The second-order valence-electron chi connectivity index (χ2n) is 6.14. The molecule has 0 spiro atoms. The Bertz CT molecular complexity index is 776. The molecule has 0 bridgehead atoms. The molecule has 2 aromatic carbocycles. The Hall–Kier alpha value is -2.87. The zero-order valence-corrected chi connectivity index (χ0v) is 15.5. The van der Waals surface area contributed by atoms with Gasteiger partial charge in [-0.05, 0) is 36.4 Å². The number of amides is 2. The number of carbonyl (C=O) groups excluding carboxylic acids is 1. The standard InChI is InChI=1S/C19H22N4O3S/c24-17(25)13-19(22-15-9-4-5-10-16(15)23-19)27-12-6-11-20-18(26)21-14-7-2-1-3-8-14/h1-5,7-10,22-23H,6,11-13H2,(H,24,25)(H2,20,21,26). The van der Waals surface area contributed by atoms with E-state index in [-0.39, 0.29) is 12.5 Å². The minimum Gasteiger partial charge on any atom is -0.481 e. The summed E-state index contributed by atoms with van der Waals surface area (Å²) in [6.45, 7) is 0.502. The molecule has 1 aliphatic heterocycles. The van der Waals surface area contributed by atoms with Gasteiger partial charge in [0.25, 0.3) is 0 Å². The van der Waals surface area contributed by atoms with Gasteiger partial charge in [-0.1, -0.05) is 30.3 Å². The molecular weight excluding hydrogens is 364 g/mol. The Morgan fingerprint density at radius 1 is 1.00 bits per heavy atom. The van der Waals surface area contributed by atoms with E-state index < -0.39 is 11.0 Å². The third-order valence-electron chi connectivity index (χ3n) is 3.99. The minimum atomic E-state index is -0.879. The van der Waals surface area contributed by atoms with Crippen molar-refractivity contribution >= 4 is 40.8 Å². The molecule has 2 aromatic rings. The van der Waals surface area contributed by atoms with Gasteiger partial charge in [-0.25, -0.2) is 4.79 Å². The lowest BCUT2D eigenvalue weighted by Crippen LogP contribution is -2.41. The summed E-state index contributed by atoms with van der Waals surface area (Å²) in [6.07, 6.45) is 0.655. The fraction of sp³-hybridized carbons (Fsp3) is 0.263. The van der Waals surface area contributed by atoms with Gasteiger partial charge in [0.15, 0.2) is 4.99 Å². The van der Waals surface area contributed by atoms with Crippen molar-refractivity contribution in [2.45, 2.75) is 17.8 Å². The molecule has 142 valence electrons. The predicted molar refractivity (Wildman–Crippen MR) is 109 cm³/mol. The summed E-state index contributed by atoms with van der Waals surface area (Å²) < 4.78 is 0. The summed E-state index contributed by atoms with van der Waals surface area (Å²) in [6, 6.07) is 16.6. The molecule has 1 heterocycles. The summed E-state index contributed by atoms with van der Waals surface area (Å²) in [7, 11) is 0. The number of hydrogen-bond donors (Lipinski definition) is 5. The molecule has 27 heavy (non-hydrogen) atoms. The lowest BCUT2D eigenvalue weighted by Gasteiger charge is -2.28. The van der Waals surface area contributed by atoms with Crippen molar-refractivity contribution in [3.05, 3.63) is 54.6 Å². The Labute approximate surface area is 161 Å². The van der Waals surface area contributed by atoms with Crippen LogP contribution in [0.3, 0.4) is 0 Å². The number of thioether (sulfide) groups is 1. The van der Waals surface area contributed by atoms with Gasteiger partial charge < -0.3 is 26.4 Å². The highest BCUT2D eigenvalue weighted by Crippen LogP contribution is 2.41. The molecular formula is C19H22N4O3S. The number of carboxylic acids is 1. The number of benzene rings is 2. The van der Waals surface area contributed by atoms with Crippen LogP contribution in [0.5, 0.6) is 0 Å². The van der Waals surface area contributed by atoms with Crippen LogP contribution in [0, 0.1) is 0 Å². The van der Waals surface area contributed by atoms with Crippen LogP contribution in [-0.2, 0) is 4.79 Å². The number of urea groups is 1. The zero-order valence-electron chi connectivity index (χ0n) is 14.7. The summed E-state index contributed by atoms with van der Waals surface area (Å²) in [5, 5.41) is 21.4. The van der Waals surface area contributed by atoms with Crippen LogP contribution in [0.25, 0.3) is 0 Å². The van der Waals surface area contributed by atoms with Gasteiger partial charge in [-0.3, -0.25) is 4.79 Å². The molecule has 0 saturated heterocycles. The van der Waals surface area contributed by atoms with E-state index in [0.717, 1.165) is 17.1 Å². The Balaban J connectivity index is 1.44. The first-order valence-electron chi connectivity index (χ1n) is 8.67. The first-order chi connectivity index (χ1) is 13.1. The van der Waals surface area contributed by atoms with Crippen molar-refractivity contribution in [2.24, 2.45) is 0 Å². The minimum absolute atomic E-state index is 0.0612. The lowest BCUT2D eigenvalue weighted by atomic mass is 10.3. The molecule has 7 nitrogen and oxygen atoms in total. The van der Waals surface area contributed by atoms with Crippen molar-refractivity contribution in [3.63, 3.8) is 0 Å². The summed E-state index contributed by atoms with van der Waals surface area (Å²) >= 11 is 1.50. The second-order valence-corrected chi connectivity index (χ2v) is 7.54. The Morgan fingerprint density at radius 2 is 1.63 bits per heavy atom. The molecule has 3 rings (SSSR count). The number of anilines is 3. The third kappa shape index (κ3) is 5.30. The monoisotopic (exact) mass is 386 g/mol. The van der Waals surface area contributed by atoms with E-state index >= 15 is 0 Å². The van der Waals surface area contributed by atoms with Crippen LogP contribution in [0.15, 0.2) is 54.6 Å². The normalized spacial score (nSPS) is 13.8. The van der Waals surface area contributed by atoms with Crippen LogP contribution in [0.1, 0.15) is 12.8 Å². The molecule has 1 aliphatic rings. The van der Waals surface area contributed by atoms with Gasteiger partial charge in [0.2, 0.25) is 0 Å². The maximum Gasteiger partial charge on any atom is 0.319 e. The first-order valence-corrected chi connectivity index (χ1v) is 9.66. The molecule has 0 fully saturated rings. The number of carbonyl (C=O) groups is 2. The highest BCUT2D eigenvalue weighted by atomic mass is 32.2. The number of rotatable bonds is 8. The summed E-state index contributed by atoms with van der Waals surface area (Å²) in [5.74, 6) is -0.192. The molecule has 5 N–H and O–H groups in total. The topological polar surface area (TPSA) is 102 Å². The molecule has 0 aromatic heterocycles. The van der Waals surface area contributed by atoms with E-state index in [4.69, 9.17) is 0 Å². The maximum atomic E-state index is 11.9.